The van der Waals surface area contributed by atoms with E-state index in [2.05, 4.69) is 9.97 Å². The molecule has 31 heavy (non-hydrogen) atoms. The minimum absolute atomic E-state index is 0.0257. The monoisotopic (exact) mass is 430 g/mol. The van der Waals surface area contributed by atoms with E-state index in [9.17, 15) is 14.7 Å². The van der Waals surface area contributed by atoms with E-state index in [1.54, 1.807) is 29.1 Å². The number of aliphatic hydroxyl groups is 1. The minimum Gasteiger partial charge on any atom is -0.505 e. The number of amides is 1. The van der Waals surface area contributed by atoms with Crippen LogP contribution in [0.4, 0.5) is 5.13 Å². The van der Waals surface area contributed by atoms with Gasteiger partial charge in [0.05, 0.1) is 17.3 Å². The van der Waals surface area contributed by atoms with Crippen molar-refractivity contribution in [3.05, 3.63) is 88.3 Å². The number of hydrogen-bond donors (Lipinski definition) is 1. The number of aromatic nitrogens is 3. The van der Waals surface area contributed by atoms with Gasteiger partial charge in [0.2, 0.25) is 0 Å². The van der Waals surface area contributed by atoms with Crippen LogP contribution in [0.2, 0.25) is 0 Å². The van der Waals surface area contributed by atoms with E-state index in [0.29, 0.717) is 27.7 Å². The Morgan fingerprint density at radius 2 is 1.87 bits per heavy atom. The number of Topliss-reactive ketones (excluding diaryl/α,β-unsaturated/α-hetero) is 1. The molecule has 1 N–H and O–H groups in total. The number of nitrogens with zero attached hydrogens (tertiary/aromatic N) is 4. The highest BCUT2D eigenvalue weighted by Gasteiger charge is 2.48. The Balaban J connectivity index is 1.79. The highest BCUT2D eigenvalue weighted by Crippen LogP contribution is 2.43. The fraction of sp³-hybridized carbons (Fsp3) is 0.130. The fourth-order valence-electron chi connectivity index (χ4n) is 3.96. The molecule has 0 aliphatic carbocycles. The van der Waals surface area contributed by atoms with Gasteiger partial charge >= 0.3 is 5.91 Å². The highest BCUT2D eigenvalue weighted by atomic mass is 32.1. The van der Waals surface area contributed by atoms with E-state index in [4.69, 9.17) is 0 Å². The van der Waals surface area contributed by atoms with Crippen molar-refractivity contribution in [2.24, 2.45) is 0 Å². The van der Waals surface area contributed by atoms with Gasteiger partial charge < -0.3 is 5.11 Å². The average molecular weight is 430 g/mol. The minimum atomic E-state index is -0.791. The van der Waals surface area contributed by atoms with E-state index in [1.165, 1.54) is 16.2 Å². The zero-order valence-corrected chi connectivity index (χ0v) is 17.6. The van der Waals surface area contributed by atoms with Crippen molar-refractivity contribution in [1.29, 1.82) is 0 Å². The first-order valence-corrected chi connectivity index (χ1v) is 10.6. The Kier molecular flexibility index (Phi) is 4.44. The molecule has 154 valence electrons. The lowest BCUT2D eigenvalue weighted by molar-refractivity contribution is -0.132. The fourth-order valence-corrected chi connectivity index (χ4v) is 4.62. The van der Waals surface area contributed by atoms with Crippen molar-refractivity contribution >= 4 is 39.6 Å². The molecule has 1 aromatic carbocycles. The van der Waals surface area contributed by atoms with Crippen molar-refractivity contribution in [3.8, 4) is 0 Å². The Hall–Kier alpha value is -3.78. The normalized spacial score (nSPS) is 18.3. The molecule has 7 nitrogen and oxygen atoms in total. The molecule has 0 bridgehead atoms. The van der Waals surface area contributed by atoms with Gasteiger partial charge in [0, 0.05) is 17.8 Å². The summed E-state index contributed by atoms with van der Waals surface area (Å²) in [6.07, 6.45) is 3.35. The maximum absolute atomic E-state index is 13.2. The van der Waals surface area contributed by atoms with Crippen LogP contribution in [-0.4, -0.2) is 31.2 Å². The number of thiazole rings is 1. The number of fused-ring (bicyclic) bond motifs is 1. The van der Waals surface area contributed by atoms with Crippen LogP contribution in [0.15, 0.2) is 65.8 Å². The Morgan fingerprint density at radius 1 is 1.10 bits per heavy atom. The number of pyridine rings is 1. The van der Waals surface area contributed by atoms with Gasteiger partial charge in [0.25, 0.3) is 5.78 Å². The predicted octanol–water partition coefficient (Wildman–Crippen LogP) is 4.03. The Morgan fingerprint density at radius 3 is 2.58 bits per heavy atom. The van der Waals surface area contributed by atoms with Gasteiger partial charge in [0.1, 0.15) is 11.3 Å². The van der Waals surface area contributed by atoms with Crippen LogP contribution in [0, 0.1) is 13.8 Å². The van der Waals surface area contributed by atoms with Gasteiger partial charge in [0.15, 0.2) is 10.9 Å². The third kappa shape index (κ3) is 2.95. The lowest BCUT2D eigenvalue weighted by atomic mass is 9.96. The average Bonchev–Trinajstić information content (AvgIpc) is 3.45. The van der Waals surface area contributed by atoms with Crippen molar-refractivity contribution in [2.45, 2.75) is 19.9 Å². The molecule has 1 amide bonds. The second kappa shape index (κ2) is 7.17. The molecule has 3 aromatic heterocycles. The second-order valence-electron chi connectivity index (χ2n) is 7.37. The standard InChI is InChI=1S/C23H18N4O3S/c1-13-6-8-15(9-7-13)19-17(21(29)22(30)27(19)23-24-10-12-31-23)20(28)18-14(2)25-16-5-3-4-11-26(16)18/h3-12,19,28H,1-2H3. The molecule has 1 fully saturated rings. The van der Waals surface area contributed by atoms with E-state index in [0.717, 1.165) is 5.56 Å². The number of hydrogen-bond acceptors (Lipinski definition) is 6. The van der Waals surface area contributed by atoms with Gasteiger partial charge in [-0.2, -0.15) is 0 Å². The van der Waals surface area contributed by atoms with Gasteiger partial charge in [-0.1, -0.05) is 35.9 Å². The molecule has 1 saturated heterocycles. The highest BCUT2D eigenvalue weighted by molar-refractivity contribution is 7.14. The molecule has 0 saturated carbocycles. The van der Waals surface area contributed by atoms with Crippen LogP contribution in [0.25, 0.3) is 11.4 Å². The number of carbonyl (C=O) groups excluding carboxylic acids is 2. The number of rotatable bonds is 3. The number of ketones is 1. The number of aryl methyl sites for hydroxylation is 2. The molecule has 1 unspecified atom stereocenters. The smallest absolute Gasteiger partial charge is 0.301 e. The summed E-state index contributed by atoms with van der Waals surface area (Å²) >= 11 is 1.26. The zero-order chi connectivity index (χ0) is 21.7. The molecule has 4 heterocycles. The first-order chi connectivity index (χ1) is 15.0. The molecule has 8 heteroatoms. The molecule has 5 rings (SSSR count). The van der Waals surface area contributed by atoms with Gasteiger partial charge in [-0.05, 0) is 31.5 Å². The van der Waals surface area contributed by atoms with Crippen molar-refractivity contribution in [3.63, 3.8) is 0 Å². The molecule has 1 atom stereocenters. The molecule has 0 spiro atoms. The number of aliphatic hydroxyl groups excluding tert-OH is 1. The van der Waals surface area contributed by atoms with Crippen LogP contribution in [-0.2, 0) is 9.59 Å². The van der Waals surface area contributed by atoms with Crippen LogP contribution in [0.5, 0.6) is 0 Å². The van der Waals surface area contributed by atoms with E-state index in [1.807, 2.05) is 49.4 Å². The van der Waals surface area contributed by atoms with E-state index in [-0.39, 0.29) is 11.3 Å². The molecule has 4 aromatic rings. The summed E-state index contributed by atoms with van der Waals surface area (Å²) in [5.41, 5.74) is 3.39. The summed E-state index contributed by atoms with van der Waals surface area (Å²) in [6, 6.07) is 12.2. The number of benzene rings is 1. The molecular formula is C23H18N4O3S. The maximum Gasteiger partial charge on any atom is 0.301 e. The Labute approximate surface area is 181 Å². The predicted molar refractivity (Wildman–Crippen MR) is 118 cm³/mol. The summed E-state index contributed by atoms with van der Waals surface area (Å²) < 4.78 is 1.72. The number of anilines is 1. The first-order valence-electron chi connectivity index (χ1n) is 9.68. The van der Waals surface area contributed by atoms with Crippen LogP contribution < -0.4 is 4.90 Å². The Bertz CT molecular complexity index is 1350. The van der Waals surface area contributed by atoms with E-state index < -0.39 is 17.7 Å². The SMILES string of the molecule is Cc1ccc(C2C(=C(O)c3c(C)nc4ccccn34)C(=O)C(=O)N2c2nccs2)cc1. The number of imidazole rings is 1. The molecular weight excluding hydrogens is 412 g/mol. The summed E-state index contributed by atoms with van der Waals surface area (Å²) in [7, 11) is 0. The van der Waals surface area contributed by atoms with Crippen LogP contribution >= 0.6 is 11.3 Å². The van der Waals surface area contributed by atoms with Gasteiger partial charge in [-0.3, -0.25) is 18.9 Å². The molecule has 0 radical (unpaired) electrons. The maximum atomic E-state index is 13.2. The van der Waals surface area contributed by atoms with Gasteiger partial charge in [-0.25, -0.2) is 9.97 Å². The largest absolute Gasteiger partial charge is 0.505 e. The summed E-state index contributed by atoms with van der Waals surface area (Å²) in [5, 5.41) is 13.5. The third-order valence-electron chi connectivity index (χ3n) is 5.39. The van der Waals surface area contributed by atoms with E-state index >= 15 is 0 Å². The topological polar surface area (TPSA) is 87.8 Å². The first kappa shape index (κ1) is 19.2. The van der Waals surface area contributed by atoms with Crippen molar-refractivity contribution < 1.29 is 14.7 Å². The quantitative estimate of drug-likeness (QED) is 0.301. The zero-order valence-electron chi connectivity index (χ0n) is 16.8. The summed E-state index contributed by atoms with van der Waals surface area (Å²) in [6.45, 7) is 3.73. The third-order valence-corrected chi connectivity index (χ3v) is 6.16. The summed E-state index contributed by atoms with van der Waals surface area (Å²) in [5.74, 6) is -1.71. The molecule has 1 aliphatic heterocycles. The second-order valence-corrected chi connectivity index (χ2v) is 8.24. The summed E-state index contributed by atoms with van der Waals surface area (Å²) in [4.78, 5) is 36.3. The lowest BCUT2D eigenvalue weighted by Crippen LogP contribution is -2.29. The number of carbonyl (C=O) groups is 2. The lowest BCUT2D eigenvalue weighted by Gasteiger charge is -2.23. The van der Waals surface area contributed by atoms with Crippen LogP contribution in [0.1, 0.15) is 28.6 Å². The van der Waals surface area contributed by atoms with Crippen molar-refractivity contribution in [2.75, 3.05) is 4.90 Å². The molecule has 1 aliphatic rings. The van der Waals surface area contributed by atoms with Crippen LogP contribution in [0.3, 0.4) is 0 Å². The van der Waals surface area contributed by atoms with Gasteiger partial charge in [-0.15, -0.1) is 11.3 Å². The van der Waals surface area contributed by atoms with Crippen molar-refractivity contribution in [1.82, 2.24) is 14.4 Å².